The molecule has 2 radical (unpaired) electrons. The van der Waals surface area contributed by atoms with E-state index in [9.17, 15) is 0 Å². The minimum Gasteiger partial charge on any atom is -0.392 e. The molecule has 0 amide bonds. The SMILES string of the molecule is C/C=C\[Si]c1ccccc1CO. The zero-order valence-electron chi connectivity index (χ0n) is 7.12. The van der Waals surface area contributed by atoms with E-state index in [1.165, 1.54) is 5.19 Å². The first-order valence-electron chi connectivity index (χ1n) is 3.95. The van der Waals surface area contributed by atoms with Gasteiger partial charge in [-0.1, -0.05) is 41.2 Å². The second-order valence-corrected chi connectivity index (χ2v) is 3.62. The van der Waals surface area contributed by atoms with Gasteiger partial charge in [-0.3, -0.25) is 0 Å². The standard InChI is InChI=1S/C10H12OSi/c1-2-7-12-10-6-4-3-5-9(10)8-11/h2-7,11H,8H2,1H3/b7-2-. The summed E-state index contributed by atoms with van der Waals surface area (Å²) in [4.78, 5) is 0. The van der Waals surface area contributed by atoms with E-state index >= 15 is 0 Å². The first-order valence-corrected chi connectivity index (χ1v) is 5.02. The summed E-state index contributed by atoms with van der Waals surface area (Å²) in [6, 6.07) is 7.98. The molecule has 1 aromatic carbocycles. The van der Waals surface area contributed by atoms with Gasteiger partial charge in [0.05, 0.1) is 6.61 Å². The summed E-state index contributed by atoms with van der Waals surface area (Å²) in [6.45, 7) is 2.15. The van der Waals surface area contributed by atoms with Crippen LogP contribution in [0.4, 0.5) is 0 Å². The Morgan fingerprint density at radius 2 is 2.17 bits per heavy atom. The lowest BCUT2D eigenvalue weighted by molar-refractivity contribution is 0.283. The average molecular weight is 176 g/mol. The van der Waals surface area contributed by atoms with Crippen LogP contribution in [-0.2, 0) is 6.61 Å². The van der Waals surface area contributed by atoms with Gasteiger partial charge in [0.15, 0.2) is 0 Å². The van der Waals surface area contributed by atoms with Crippen molar-refractivity contribution in [3.8, 4) is 0 Å². The Kier molecular flexibility index (Phi) is 3.77. The third-order valence-electron chi connectivity index (χ3n) is 1.59. The van der Waals surface area contributed by atoms with Gasteiger partial charge >= 0.3 is 0 Å². The van der Waals surface area contributed by atoms with Crippen molar-refractivity contribution >= 4 is 14.7 Å². The highest BCUT2D eigenvalue weighted by Gasteiger charge is 1.97. The van der Waals surface area contributed by atoms with Crippen molar-refractivity contribution in [3.63, 3.8) is 0 Å². The van der Waals surface area contributed by atoms with E-state index in [2.05, 4.69) is 11.8 Å². The van der Waals surface area contributed by atoms with Crippen molar-refractivity contribution in [2.75, 3.05) is 0 Å². The second-order valence-electron chi connectivity index (χ2n) is 2.46. The van der Waals surface area contributed by atoms with Gasteiger partial charge in [0.1, 0.15) is 9.52 Å². The van der Waals surface area contributed by atoms with Crippen molar-refractivity contribution in [1.29, 1.82) is 0 Å². The Bertz CT molecular complexity index is 268. The van der Waals surface area contributed by atoms with Crippen LogP contribution < -0.4 is 5.19 Å². The monoisotopic (exact) mass is 176 g/mol. The van der Waals surface area contributed by atoms with Crippen LogP contribution in [0.2, 0.25) is 0 Å². The van der Waals surface area contributed by atoms with Gasteiger partial charge < -0.3 is 5.11 Å². The molecule has 0 bridgehead atoms. The van der Waals surface area contributed by atoms with E-state index in [0.29, 0.717) is 9.52 Å². The van der Waals surface area contributed by atoms with Crippen LogP contribution >= 0.6 is 0 Å². The number of benzene rings is 1. The van der Waals surface area contributed by atoms with Crippen LogP contribution in [0, 0.1) is 0 Å². The van der Waals surface area contributed by atoms with Gasteiger partial charge in [-0.2, -0.15) is 0 Å². The van der Waals surface area contributed by atoms with Crippen LogP contribution in [0.1, 0.15) is 12.5 Å². The number of rotatable bonds is 3. The molecule has 1 rings (SSSR count). The maximum absolute atomic E-state index is 9.00. The number of aliphatic hydroxyl groups is 1. The minimum atomic E-state index is 0.140. The Balaban J connectivity index is 2.81. The smallest absolute Gasteiger partial charge is 0.111 e. The molecule has 0 saturated carbocycles. The lowest BCUT2D eigenvalue weighted by Crippen LogP contribution is -2.17. The molecule has 0 aromatic heterocycles. The van der Waals surface area contributed by atoms with Gasteiger partial charge in [0, 0.05) is 0 Å². The van der Waals surface area contributed by atoms with E-state index in [1.54, 1.807) is 0 Å². The molecule has 0 heterocycles. The number of hydrogen-bond donors (Lipinski definition) is 1. The molecule has 2 heteroatoms. The summed E-state index contributed by atoms with van der Waals surface area (Å²) in [5.74, 6) is 0. The predicted octanol–water partition coefficient (Wildman–Crippen LogP) is 1.04. The highest BCUT2D eigenvalue weighted by atomic mass is 28.2. The molecule has 1 aromatic rings. The molecule has 0 aliphatic heterocycles. The zero-order chi connectivity index (χ0) is 8.81. The van der Waals surface area contributed by atoms with E-state index in [0.717, 1.165) is 5.56 Å². The molecule has 1 nitrogen and oxygen atoms in total. The molecule has 0 fully saturated rings. The first kappa shape index (κ1) is 9.23. The van der Waals surface area contributed by atoms with Gasteiger partial charge in [0.25, 0.3) is 0 Å². The summed E-state index contributed by atoms with van der Waals surface area (Å²) in [5.41, 5.74) is 3.16. The molecular weight excluding hydrogens is 164 g/mol. The summed E-state index contributed by atoms with van der Waals surface area (Å²) < 4.78 is 0. The van der Waals surface area contributed by atoms with Crippen LogP contribution in [0.15, 0.2) is 36.0 Å². The summed E-state index contributed by atoms with van der Waals surface area (Å²) in [7, 11) is 0.670. The molecule has 1 N–H and O–H groups in total. The van der Waals surface area contributed by atoms with Crippen molar-refractivity contribution in [2.24, 2.45) is 0 Å². The Morgan fingerprint density at radius 1 is 1.42 bits per heavy atom. The quantitative estimate of drug-likeness (QED) is 0.682. The highest BCUT2D eigenvalue weighted by molar-refractivity contribution is 6.59. The van der Waals surface area contributed by atoms with Crippen LogP contribution in [0.3, 0.4) is 0 Å². The normalized spacial score (nSPS) is 10.8. The molecule has 12 heavy (non-hydrogen) atoms. The largest absolute Gasteiger partial charge is 0.392 e. The van der Waals surface area contributed by atoms with Crippen LogP contribution in [0.5, 0.6) is 0 Å². The number of hydrogen-bond acceptors (Lipinski definition) is 1. The number of aliphatic hydroxyl groups excluding tert-OH is 1. The van der Waals surface area contributed by atoms with Gasteiger partial charge in [-0.05, 0) is 12.5 Å². The van der Waals surface area contributed by atoms with Crippen molar-refractivity contribution < 1.29 is 5.11 Å². The Labute approximate surface area is 75.6 Å². The van der Waals surface area contributed by atoms with Gasteiger partial charge in [-0.25, -0.2) is 0 Å². The fourth-order valence-electron chi connectivity index (χ4n) is 0.972. The van der Waals surface area contributed by atoms with Crippen molar-refractivity contribution in [2.45, 2.75) is 13.5 Å². The third kappa shape index (κ3) is 2.32. The topological polar surface area (TPSA) is 20.2 Å². The zero-order valence-corrected chi connectivity index (χ0v) is 8.12. The predicted molar refractivity (Wildman–Crippen MR) is 52.6 cm³/mol. The number of allylic oxidation sites excluding steroid dienone is 1. The van der Waals surface area contributed by atoms with Crippen LogP contribution in [0.25, 0.3) is 0 Å². The summed E-state index contributed by atoms with van der Waals surface area (Å²) >= 11 is 0. The molecule has 0 unspecified atom stereocenters. The van der Waals surface area contributed by atoms with Gasteiger partial charge in [0.2, 0.25) is 0 Å². The molecule has 0 saturated heterocycles. The first-order chi connectivity index (χ1) is 5.88. The highest BCUT2D eigenvalue weighted by Crippen LogP contribution is 1.94. The minimum absolute atomic E-state index is 0.140. The van der Waals surface area contributed by atoms with Crippen LogP contribution in [-0.4, -0.2) is 14.6 Å². The Hall–Kier alpha value is -0.863. The van der Waals surface area contributed by atoms with Crippen molar-refractivity contribution in [1.82, 2.24) is 0 Å². The maximum atomic E-state index is 9.00. The van der Waals surface area contributed by atoms with E-state index < -0.39 is 0 Å². The molecule has 0 aliphatic carbocycles. The molecular formula is C10H12OSi. The molecule has 62 valence electrons. The van der Waals surface area contributed by atoms with Gasteiger partial charge in [-0.15, -0.1) is 0 Å². The van der Waals surface area contributed by atoms with E-state index in [4.69, 9.17) is 5.11 Å². The second kappa shape index (κ2) is 4.90. The third-order valence-corrected chi connectivity index (χ3v) is 2.89. The van der Waals surface area contributed by atoms with E-state index in [-0.39, 0.29) is 6.61 Å². The average Bonchev–Trinajstić information content (AvgIpc) is 2.15. The fourth-order valence-corrected chi connectivity index (χ4v) is 1.86. The summed E-state index contributed by atoms with van der Waals surface area (Å²) in [5, 5.41) is 10.2. The maximum Gasteiger partial charge on any atom is 0.111 e. The molecule has 0 aliphatic rings. The van der Waals surface area contributed by atoms with Crippen molar-refractivity contribution in [3.05, 3.63) is 41.6 Å². The molecule has 0 spiro atoms. The lowest BCUT2D eigenvalue weighted by Gasteiger charge is -2.02. The Morgan fingerprint density at radius 3 is 2.83 bits per heavy atom. The summed E-state index contributed by atoms with van der Waals surface area (Å²) in [6.07, 6.45) is 2.03. The lowest BCUT2D eigenvalue weighted by atomic mass is 10.2. The fraction of sp³-hybridized carbons (Fsp3) is 0.200. The van der Waals surface area contributed by atoms with E-state index in [1.807, 2.05) is 31.2 Å². The molecule has 0 atom stereocenters.